The summed E-state index contributed by atoms with van der Waals surface area (Å²) in [7, 11) is -3.40. The second-order valence-electron chi connectivity index (χ2n) is 6.23. The van der Waals surface area contributed by atoms with Gasteiger partial charge in [0.25, 0.3) is 0 Å². The third-order valence-corrected chi connectivity index (χ3v) is 5.88. The molecule has 2 rings (SSSR count). The van der Waals surface area contributed by atoms with Crippen LogP contribution in [0.3, 0.4) is 0 Å². The van der Waals surface area contributed by atoms with E-state index in [1.165, 1.54) is 0 Å². The van der Waals surface area contributed by atoms with Gasteiger partial charge in [0.05, 0.1) is 11.4 Å². The van der Waals surface area contributed by atoms with Crippen molar-refractivity contribution in [2.24, 2.45) is 5.92 Å². The molecule has 1 aromatic carbocycles. The molecule has 0 unspecified atom stereocenters. The van der Waals surface area contributed by atoms with Crippen LogP contribution in [0, 0.1) is 5.92 Å². The molecule has 1 fully saturated rings. The third kappa shape index (κ3) is 4.95. The fourth-order valence-corrected chi connectivity index (χ4v) is 4.03. The van der Waals surface area contributed by atoms with Crippen LogP contribution in [0.2, 0.25) is 0 Å². The highest BCUT2D eigenvalue weighted by molar-refractivity contribution is 7.89. The van der Waals surface area contributed by atoms with Gasteiger partial charge in [-0.15, -0.1) is 0 Å². The monoisotopic (exact) mass is 354 g/mol. The maximum absolute atomic E-state index is 12.5. The smallest absolute Gasteiger partial charge is 0.243 e. The van der Waals surface area contributed by atoms with Crippen molar-refractivity contribution in [2.75, 3.05) is 26.2 Å². The maximum atomic E-state index is 12.5. The van der Waals surface area contributed by atoms with Gasteiger partial charge in [0.2, 0.25) is 15.9 Å². The molecular weight excluding hydrogens is 328 g/mol. The van der Waals surface area contributed by atoms with Crippen molar-refractivity contribution < 1.29 is 17.9 Å². The zero-order chi connectivity index (χ0) is 17.6. The van der Waals surface area contributed by atoms with E-state index in [-0.39, 0.29) is 11.8 Å². The number of sulfonamides is 1. The highest BCUT2D eigenvalue weighted by Gasteiger charge is 2.25. The van der Waals surface area contributed by atoms with Crippen LogP contribution in [0.1, 0.15) is 33.1 Å². The van der Waals surface area contributed by atoms with E-state index in [9.17, 15) is 13.2 Å². The van der Waals surface area contributed by atoms with Gasteiger partial charge in [-0.2, -0.15) is 4.31 Å². The first-order valence-electron chi connectivity index (χ1n) is 8.42. The summed E-state index contributed by atoms with van der Waals surface area (Å²) in [6, 6.07) is 6.46. The van der Waals surface area contributed by atoms with Gasteiger partial charge in [-0.25, -0.2) is 8.42 Å². The maximum Gasteiger partial charge on any atom is 0.243 e. The molecule has 1 aromatic rings. The average Bonchev–Trinajstić information content (AvgIpc) is 2.59. The van der Waals surface area contributed by atoms with Crippen molar-refractivity contribution in [1.82, 2.24) is 9.62 Å². The van der Waals surface area contributed by atoms with Crippen LogP contribution in [0.15, 0.2) is 29.2 Å². The molecular formula is C17H26N2O4S. The second kappa shape index (κ2) is 8.48. The summed E-state index contributed by atoms with van der Waals surface area (Å²) in [6.07, 6.45) is 2.93. The second-order valence-corrected chi connectivity index (χ2v) is 8.17. The van der Waals surface area contributed by atoms with E-state index in [4.69, 9.17) is 4.74 Å². The summed E-state index contributed by atoms with van der Waals surface area (Å²) in [5, 5.41) is 2.76. The lowest BCUT2D eigenvalue weighted by Gasteiger charge is -2.25. The van der Waals surface area contributed by atoms with Gasteiger partial charge >= 0.3 is 0 Å². The Kier molecular flexibility index (Phi) is 6.62. The minimum absolute atomic E-state index is 0.0124. The zero-order valence-corrected chi connectivity index (χ0v) is 15.1. The number of hydrogen-bond acceptors (Lipinski definition) is 4. The lowest BCUT2D eigenvalue weighted by Crippen LogP contribution is -2.35. The summed E-state index contributed by atoms with van der Waals surface area (Å²) in [4.78, 5) is 11.7. The van der Waals surface area contributed by atoms with Gasteiger partial charge in [-0.05, 0) is 37.1 Å². The van der Waals surface area contributed by atoms with Gasteiger partial charge in [-0.1, -0.05) is 20.3 Å². The van der Waals surface area contributed by atoms with Crippen molar-refractivity contribution in [3.63, 3.8) is 0 Å². The van der Waals surface area contributed by atoms with Gasteiger partial charge < -0.3 is 10.1 Å². The summed E-state index contributed by atoms with van der Waals surface area (Å²) in [6.45, 7) is 5.61. The van der Waals surface area contributed by atoms with Gasteiger partial charge in [0, 0.05) is 19.0 Å². The number of carbonyl (C=O) groups is 1. The van der Waals surface area contributed by atoms with E-state index in [0.717, 1.165) is 19.3 Å². The molecule has 0 radical (unpaired) electrons. The van der Waals surface area contributed by atoms with Crippen molar-refractivity contribution in [2.45, 2.75) is 38.0 Å². The SMILES string of the molecule is CC(C)C(=O)NCCOc1ccc(S(=O)(=O)N2CCCCC2)cc1. The van der Waals surface area contributed by atoms with Gasteiger partial charge in [0.15, 0.2) is 0 Å². The van der Waals surface area contributed by atoms with Crippen molar-refractivity contribution in [1.29, 1.82) is 0 Å². The summed E-state index contributed by atoms with van der Waals surface area (Å²) in [5.41, 5.74) is 0. The molecule has 134 valence electrons. The molecule has 1 amide bonds. The standard InChI is InChI=1S/C17H26N2O4S/c1-14(2)17(20)18-10-13-23-15-6-8-16(9-7-15)24(21,22)19-11-4-3-5-12-19/h6-9,14H,3-5,10-13H2,1-2H3,(H,18,20). The summed E-state index contributed by atoms with van der Waals surface area (Å²) >= 11 is 0. The number of carbonyl (C=O) groups excluding carboxylic acids is 1. The molecule has 7 heteroatoms. The molecule has 0 atom stereocenters. The van der Waals surface area contributed by atoms with E-state index in [2.05, 4.69) is 5.32 Å². The van der Waals surface area contributed by atoms with Crippen LogP contribution in [0.4, 0.5) is 0 Å². The zero-order valence-electron chi connectivity index (χ0n) is 14.3. The minimum atomic E-state index is -3.40. The third-order valence-electron chi connectivity index (χ3n) is 3.97. The Bertz CT molecular complexity index is 635. The molecule has 1 N–H and O–H groups in total. The van der Waals surface area contributed by atoms with Gasteiger partial charge in [-0.3, -0.25) is 4.79 Å². The topological polar surface area (TPSA) is 75.7 Å². The molecule has 0 saturated carbocycles. The molecule has 1 heterocycles. The van der Waals surface area contributed by atoms with E-state index >= 15 is 0 Å². The predicted octanol–water partition coefficient (Wildman–Crippen LogP) is 2.01. The number of benzene rings is 1. The fourth-order valence-electron chi connectivity index (χ4n) is 2.51. The number of amides is 1. The Morgan fingerprint density at radius 2 is 1.79 bits per heavy atom. The van der Waals surface area contributed by atoms with Crippen molar-refractivity contribution in [3.8, 4) is 5.75 Å². The van der Waals surface area contributed by atoms with E-state index < -0.39 is 10.0 Å². The van der Waals surface area contributed by atoms with Crippen LogP contribution >= 0.6 is 0 Å². The molecule has 0 aromatic heterocycles. The average molecular weight is 354 g/mol. The van der Waals surface area contributed by atoms with E-state index in [0.29, 0.717) is 36.9 Å². The molecule has 24 heavy (non-hydrogen) atoms. The van der Waals surface area contributed by atoms with Crippen LogP contribution in [-0.4, -0.2) is 44.9 Å². The Morgan fingerprint density at radius 1 is 1.17 bits per heavy atom. The molecule has 1 aliphatic heterocycles. The minimum Gasteiger partial charge on any atom is -0.492 e. The number of nitrogens with one attached hydrogen (secondary N) is 1. The van der Waals surface area contributed by atoms with E-state index in [1.54, 1.807) is 28.6 Å². The number of rotatable bonds is 7. The molecule has 6 nitrogen and oxygen atoms in total. The normalized spacial score (nSPS) is 16.1. The van der Waals surface area contributed by atoms with Crippen LogP contribution in [0.25, 0.3) is 0 Å². The predicted molar refractivity (Wildman–Crippen MR) is 92.4 cm³/mol. The molecule has 1 aliphatic rings. The highest BCUT2D eigenvalue weighted by atomic mass is 32.2. The Balaban J connectivity index is 1.87. The van der Waals surface area contributed by atoms with Gasteiger partial charge in [0.1, 0.15) is 12.4 Å². The van der Waals surface area contributed by atoms with Crippen LogP contribution in [-0.2, 0) is 14.8 Å². The largest absolute Gasteiger partial charge is 0.492 e. The lowest BCUT2D eigenvalue weighted by molar-refractivity contribution is -0.124. The van der Waals surface area contributed by atoms with E-state index in [1.807, 2.05) is 13.8 Å². The Morgan fingerprint density at radius 3 is 2.38 bits per heavy atom. The molecule has 0 aliphatic carbocycles. The highest BCUT2D eigenvalue weighted by Crippen LogP contribution is 2.22. The number of nitrogens with zero attached hydrogens (tertiary/aromatic N) is 1. The quantitative estimate of drug-likeness (QED) is 0.760. The number of hydrogen-bond donors (Lipinski definition) is 1. The fraction of sp³-hybridized carbons (Fsp3) is 0.588. The van der Waals surface area contributed by atoms with Crippen molar-refractivity contribution in [3.05, 3.63) is 24.3 Å². The summed E-state index contributed by atoms with van der Waals surface area (Å²) < 4.78 is 32.1. The first kappa shape index (κ1) is 18.7. The first-order chi connectivity index (χ1) is 11.4. The molecule has 1 saturated heterocycles. The van der Waals surface area contributed by atoms with Crippen molar-refractivity contribution >= 4 is 15.9 Å². The molecule has 0 bridgehead atoms. The summed E-state index contributed by atoms with van der Waals surface area (Å²) in [5.74, 6) is 0.525. The molecule has 0 spiro atoms. The Labute approximate surface area is 144 Å². The van der Waals surface area contributed by atoms with Crippen LogP contribution in [0.5, 0.6) is 5.75 Å². The first-order valence-corrected chi connectivity index (χ1v) is 9.86. The lowest BCUT2D eigenvalue weighted by atomic mass is 10.2. The van der Waals surface area contributed by atoms with Crippen LogP contribution < -0.4 is 10.1 Å². The number of piperidine rings is 1. The Hall–Kier alpha value is -1.60. The number of ether oxygens (including phenoxy) is 1.